The summed E-state index contributed by atoms with van der Waals surface area (Å²) in [5.74, 6) is -0.310. The number of aromatic nitrogens is 2. The minimum Gasteiger partial charge on any atom is -0.396 e. The number of anilines is 1. The van der Waals surface area contributed by atoms with Gasteiger partial charge in [-0.25, -0.2) is 13.8 Å². The summed E-state index contributed by atoms with van der Waals surface area (Å²) in [6.07, 6.45) is 0. The first-order valence-corrected chi connectivity index (χ1v) is 5.74. The van der Waals surface area contributed by atoms with Crippen molar-refractivity contribution in [3.05, 3.63) is 48.0 Å². The highest BCUT2D eigenvalue weighted by molar-refractivity contribution is 5.81. The first-order valence-electron chi connectivity index (χ1n) is 5.74. The molecule has 0 bridgehead atoms. The van der Waals surface area contributed by atoms with E-state index in [9.17, 15) is 8.78 Å². The van der Waals surface area contributed by atoms with Gasteiger partial charge in [-0.05, 0) is 30.3 Å². The van der Waals surface area contributed by atoms with Crippen LogP contribution in [0.4, 0.5) is 14.5 Å². The minimum absolute atomic E-state index is 0.0463. The van der Waals surface area contributed by atoms with Gasteiger partial charge in [0.2, 0.25) is 0 Å². The van der Waals surface area contributed by atoms with E-state index in [1.807, 2.05) is 0 Å². The van der Waals surface area contributed by atoms with Crippen molar-refractivity contribution in [2.24, 2.45) is 7.05 Å². The Balaban J connectivity index is 2.28. The Morgan fingerprint density at radius 1 is 1.11 bits per heavy atom. The molecule has 1 heterocycles. The van der Waals surface area contributed by atoms with Crippen molar-refractivity contribution in [3.63, 3.8) is 0 Å². The Morgan fingerprint density at radius 3 is 2.58 bits per heavy atom. The molecule has 3 rings (SSSR count). The number of aryl methyl sites for hydroxylation is 1. The summed E-state index contributed by atoms with van der Waals surface area (Å²) >= 11 is 0. The van der Waals surface area contributed by atoms with Crippen molar-refractivity contribution in [1.82, 2.24) is 9.55 Å². The van der Waals surface area contributed by atoms with E-state index in [1.54, 1.807) is 29.8 Å². The molecular formula is C14H11F2N3. The molecule has 3 aromatic rings. The average molecular weight is 259 g/mol. The maximum Gasteiger partial charge on any atom is 0.151 e. The van der Waals surface area contributed by atoms with Gasteiger partial charge in [0.15, 0.2) is 5.82 Å². The number of imidazole rings is 1. The van der Waals surface area contributed by atoms with Crippen LogP contribution in [0.2, 0.25) is 0 Å². The first-order chi connectivity index (χ1) is 9.08. The minimum atomic E-state index is -0.478. The van der Waals surface area contributed by atoms with Gasteiger partial charge in [0.25, 0.3) is 0 Å². The van der Waals surface area contributed by atoms with E-state index < -0.39 is 5.82 Å². The number of para-hydroxylation sites is 1. The van der Waals surface area contributed by atoms with Gasteiger partial charge in [0, 0.05) is 12.6 Å². The van der Waals surface area contributed by atoms with Crippen molar-refractivity contribution >= 4 is 16.7 Å². The van der Waals surface area contributed by atoms with Gasteiger partial charge in [-0.2, -0.15) is 0 Å². The van der Waals surface area contributed by atoms with Crippen molar-refractivity contribution < 1.29 is 8.78 Å². The van der Waals surface area contributed by atoms with E-state index >= 15 is 0 Å². The van der Waals surface area contributed by atoms with Crippen LogP contribution in [0.1, 0.15) is 0 Å². The number of hydrogen-bond donors (Lipinski definition) is 1. The highest BCUT2D eigenvalue weighted by atomic mass is 19.1. The molecular weight excluding hydrogens is 248 g/mol. The predicted octanol–water partition coefficient (Wildman–Crippen LogP) is 3.10. The molecule has 0 atom stereocenters. The molecule has 0 amide bonds. The molecule has 0 aliphatic carbocycles. The average Bonchev–Trinajstić information content (AvgIpc) is 2.72. The summed E-state index contributed by atoms with van der Waals surface area (Å²) in [5.41, 5.74) is 7.22. The van der Waals surface area contributed by atoms with Crippen LogP contribution in [0, 0.1) is 11.6 Å². The molecule has 0 aliphatic rings. The molecule has 0 fully saturated rings. The number of halogens is 2. The molecule has 3 nitrogen and oxygen atoms in total. The standard InChI is InChI=1S/C14H11F2N3/c1-19-12-4-2-3-10(16)13(12)18-14(19)8-5-6-9(15)11(17)7-8/h2-7H,17H2,1H3. The molecule has 5 heteroatoms. The van der Waals surface area contributed by atoms with E-state index in [4.69, 9.17) is 5.73 Å². The molecule has 0 aliphatic heterocycles. The Labute approximate surface area is 108 Å². The molecule has 0 saturated carbocycles. The molecule has 0 saturated heterocycles. The monoisotopic (exact) mass is 259 g/mol. The van der Waals surface area contributed by atoms with Crippen LogP contribution in [0.3, 0.4) is 0 Å². The number of rotatable bonds is 1. The van der Waals surface area contributed by atoms with Gasteiger partial charge in [-0.1, -0.05) is 6.07 Å². The quantitative estimate of drug-likeness (QED) is 0.682. The second-order valence-electron chi connectivity index (χ2n) is 4.34. The Hall–Kier alpha value is -2.43. The first kappa shape index (κ1) is 11.6. The van der Waals surface area contributed by atoms with E-state index in [0.717, 1.165) is 0 Å². The van der Waals surface area contributed by atoms with Crippen molar-refractivity contribution in [3.8, 4) is 11.4 Å². The number of nitrogens with two attached hydrogens (primary N) is 1. The molecule has 0 unspecified atom stereocenters. The molecule has 1 aromatic heterocycles. The Bertz CT molecular complexity index is 778. The topological polar surface area (TPSA) is 43.8 Å². The van der Waals surface area contributed by atoms with Crippen molar-refractivity contribution in [1.29, 1.82) is 0 Å². The van der Waals surface area contributed by atoms with Gasteiger partial charge < -0.3 is 10.3 Å². The summed E-state index contributed by atoms with van der Waals surface area (Å²) in [4.78, 5) is 4.26. The second kappa shape index (κ2) is 4.05. The van der Waals surface area contributed by atoms with E-state index in [2.05, 4.69) is 4.98 Å². The molecule has 2 N–H and O–H groups in total. The van der Waals surface area contributed by atoms with Crippen LogP contribution < -0.4 is 5.73 Å². The zero-order valence-electron chi connectivity index (χ0n) is 10.2. The van der Waals surface area contributed by atoms with Crippen LogP contribution in [-0.2, 0) is 7.05 Å². The third kappa shape index (κ3) is 1.74. The van der Waals surface area contributed by atoms with Crippen LogP contribution in [0.25, 0.3) is 22.4 Å². The maximum atomic E-state index is 13.7. The van der Waals surface area contributed by atoms with Gasteiger partial charge in [0.1, 0.15) is 17.2 Å². The molecule has 19 heavy (non-hydrogen) atoms. The van der Waals surface area contributed by atoms with Gasteiger partial charge >= 0.3 is 0 Å². The highest BCUT2D eigenvalue weighted by Crippen LogP contribution is 2.27. The molecule has 0 spiro atoms. The summed E-state index contributed by atoms with van der Waals surface area (Å²) < 4.78 is 28.6. The van der Waals surface area contributed by atoms with E-state index in [0.29, 0.717) is 22.4 Å². The SMILES string of the molecule is Cn1c(-c2ccc(F)c(N)c2)nc2c(F)cccc21. The van der Waals surface area contributed by atoms with Crippen LogP contribution in [-0.4, -0.2) is 9.55 Å². The van der Waals surface area contributed by atoms with Crippen LogP contribution >= 0.6 is 0 Å². The largest absolute Gasteiger partial charge is 0.396 e. The van der Waals surface area contributed by atoms with E-state index in [1.165, 1.54) is 18.2 Å². The van der Waals surface area contributed by atoms with Crippen molar-refractivity contribution in [2.45, 2.75) is 0 Å². The van der Waals surface area contributed by atoms with Crippen molar-refractivity contribution in [2.75, 3.05) is 5.73 Å². The molecule has 0 radical (unpaired) electrons. The lowest BCUT2D eigenvalue weighted by molar-refractivity contribution is 0.632. The summed E-state index contributed by atoms with van der Waals surface area (Å²) in [6, 6.07) is 9.11. The van der Waals surface area contributed by atoms with E-state index in [-0.39, 0.29) is 11.5 Å². The fourth-order valence-corrected chi connectivity index (χ4v) is 2.12. The lowest BCUT2D eigenvalue weighted by Crippen LogP contribution is -1.95. The fraction of sp³-hybridized carbons (Fsp3) is 0.0714. The maximum absolute atomic E-state index is 13.7. The number of hydrogen-bond acceptors (Lipinski definition) is 2. The van der Waals surface area contributed by atoms with Crippen LogP contribution in [0.15, 0.2) is 36.4 Å². The summed E-state index contributed by atoms with van der Waals surface area (Å²) in [7, 11) is 1.78. The van der Waals surface area contributed by atoms with Gasteiger partial charge in [-0.15, -0.1) is 0 Å². The lowest BCUT2D eigenvalue weighted by atomic mass is 10.2. The Kier molecular flexibility index (Phi) is 2.48. The number of nitrogens with zero attached hydrogens (tertiary/aromatic N) is 2. The summed E-state index contributed by atoms with van der Waals surface area (Å²) in [5, 5.41) is 0. The smallest absolute Gasteiger partial charge is 0.151 e. The number of nitrogen functional groups attached to an aromatic ring is 1. The molecule has 2 aromatic carbocycles. The predicted molar refractivity (Wildman–Crippen MR) is 70.5 cm³/mol. The Morgan fingerprint density at radius 2 is 1.89 bits per heavy atom. The van der Waals surface area contributed by atoms with Gasteiger partial charge in [0.05, 0.1) is 11.2 Å². The number of benzene rings is 2. The fourth-order valence-electron chi connectivity index (χ4n) is 2.12. The third-order valence-corrected chi connectivity index (χ3v) is 3.12. The highest BCUT2D eigenvalue weighted by Gasteiger charge is 2.13. The van der Waals surface area contributed by atoms with Gasteiger partial charge in [-0.3, -0.25) is 0 Å². The summed E-state index contributed by atoms with van der Waals surface area (Å²) in [6.45, 7) is 0. The second-order valence-corrected chi connectivity index (χ2v) is 4.34. The normalized spacial score (nSPS) is 11.1. The third-order valence-electron chi connectivity index (χ3n) is 3.12. The van der Waals surface area contributed by atoms with Crippen LogP contribution in [0.5, 0.6) is 0 Å². The zero-order valence-corrected chi connectivity index (χ0v) is 10.2. The number of fused-ring (bicyclic) bond motifs is 1. The zero-order chi connectivity index (χ0) is 13.6. The lowest BCUT2D eigenvalue weighted by Gasteiger charge is -2.04. The molecule has 96 valence electrons.